The number of nitrogens with zero attached hydrogens (tertiary/aromatic N) is 5. The quantitative estimate of drug-likeness (QED) is 0.352. The van der Waals surface area contributed by atoms with Crippen LogP contribution in [0.3, 0.4) is 0 Å². The molecule has 0 aliphatic rings. The number of benzene rings is 1. The lowest BCUT2D eigenvalue weighted by Gasteiger charge is -2.27. The predicted molar refractivity (Wildman–Crippen MR) is 119 cm³/mol. The fourth-order valence-electron chi connectivity index (χ4n) is 2.74. The number of anilines is 2. The van der Waals surface area contributed by atoms with Gasteiger partial charge in [-0.25, -0.2) is 19.7 Å². The topological polar surface area (TPSA) is 73.1 Å². The SMILES string of the molecule is Cc1nc(Br)c(Br)n1-c1cncc(N(C(=O)OC(C)(C)C)c2ccc(C(F)(F)F)cc2)n1. The summed E-state index contributed by atoms with van der Waals surface area (Å²) in [6, 6.07) is 4.13. The zero-order valence-corrected chi connectivity index (χ0v) is 20.6. The van der Waals surface area contributed by atoms with Gasteiger partial charge in [0.05, 0.1) is 23.6 Å². The molecule has 0 aliphatic carbocycles. The van der Waals surface area contributed by atoms with Crippen molar-refractivity contribution < 1.29 is 22.7 Å². The van der Waals surface area contributed by atoms with Crippen LogP contribution in [0.4, 0.5) is 29.5 Å². The largest absolute Gasteiger partial charge is 0.443 e. The maximum absolute atomic E-state index is 13.0. The maximum Gasteiger partial charge on any atom is 0.420 e. The van der Waals surface area contributed by atoms with Gasteiger partial charge in [0.1, 0.15) is 20.6 Å². The van der Waals surface area contributed by atoms with Gasteiger partial charge in [0.15, 0.2) is 11.6 Å². The van der Waals surface area contributed by atoms with Crippen LogP contribution in [0.15, 0.2) is 45.9 Å². The van der Waals surface area contributed by atoms with E-state index in [4.69, 9.17) is 4.74 Å². The predicted octanol–water partition coefficient (Wildman–Crippen LogP) is 6.59. The number of rotatable bonds is 3. The van der Waals surface area contributed by atoms with E-state index in [1.807, 2.05) is 0 Å². The highest BCUT2D eigenvalue weighted by Gasteiger charge is 2.32. The van der Waals surface area contributed by atoms with E-state index in [-0.39, 0.29) is 11.5 Å². The van der Waals surface area contributed by atoms with E-state index >= 15 is 0 Å². The number of amides is 1. The van der Waals surface area contributed by atoms with Crippen LogP contribution in [0.2, 0.25) is 0 Å². The number of aromatic nitrogens is 4. The Hall–Kier alpha value is -2.47. The summed E-state index contributed by atoms with van der Waals surface area (Å²) in [5, 5.41) is 0. The Bertz CT molecular complexity index is 1140. The highest BCUT2D eigenvalue weighted by molar-refractivity contribution is 9.13. The molecular weight excluding hydrogens is 559 g/mol. The zero-order chi connectivity index (χ0) is 23.8. The second-order valence-corrected chi connectivity index (χ2v) is 9.17. The molecule has 0 saturated carbocycles. The van der Waals surface area contributed by atoms with Crippen LogP contribution in [-0.4, -0.2) is 31.2 Å². The van der Waals surface area contributed by atoms with Gasteiger partial charge in [-0.15, -0.1) is 0 Å². The molecule has 170 valence electrons. The van der Waals surface area contributed by atoms with Gasteiger partial charge in [0.25, 0.3) is 0 Å². The Morgan fingerprint density at radius 1 is 1.06 bits per heavy atom. The number of imidazole rings is 1. The van der Waals surface area contributed by atoms with Gasteiger partial charge in [0, 0.05) is 0 Å². The van der Waals surface area contributed by atoms with Crippen molar-refractivity contribution in [1.29, 1.82) is 0 Å². The standard InChI is InChI=1S/C20H18Br2F3N5O2/c1-11-27-16(21)17(22)29(11)14-9-26-10-15(28-14)30(18(31)32-19(2,3)4)13-7-5-12(6-8-13)20(23,24)25/h5-10H,1-4H3. The third kappa shape index (κ3) is 5.29. The maximum atomic E-state index is 13.0. The van der Waals surface area contributed by atoms with Gasteiger partial charge < -0.3 is 4.74 Å². The van der Waals surface area contributed by atoms with Crippen molar-refractivity contribution >= 4 is 49.5 Å². The molecule has 1 amide bonds. The normalized spacial score (nSPS) is 12.0. The summed E-state index contributed by atoms with van der Waals surface area (Å²) in [5.41, 5.74) is -1.55. The van der Waals surface area contributed by atoms with Crippen molar-refractivity contribution in [2.45, 2.75) is 39.5 Å². The minimum absolute atomic E-state index is 0.0626. The molecule has 0 aliphatic heterocycles. The Labute approximate surface area is 198 Å². The molecule has 2 aromatic heterocycles. The third-order valence-corrected chi connectivity index (χ3v) is 5.86. The highest BCUT2D eigenvalue weighted by Crippen LogP contribution is 2.33. The molecule has 2 heterocycles. The lowest BCUT2D eigenvalue weighted by molar-refractivity contribution is -0.137. The minimum atomic E-state index is -4.51. The minimum Gasteiger partial charge on any atom is -0.443 e. The molecule has 0 saturated heterocycles. The summed E-state index contributed by atoms with van der Waals surface area (Å²) in [4.78, 5) is 27.0. The van der Waals surface area contributed by atoms with Gasteiger partial charge in [-0.05, 0) is 83.8 Å². The molecule has 0 N–H and O–H groups in total. The molecule has 0 atom stereocenters. The Morgan fingerprint density at radius 3 is 2.19 bits per heavy atom. The van der Waals surface area contributed by atoms with Crippen LogP contribution in [0.25, 0.3) is 5.82 Å². The number of ether oxygens (including phenoxy) is 1. The lowest BCUT2D eigenvalue weighted by Crippen LogP contribution is -2.34. The first-order valence-electron chi connectivity index (χ1n) is 9.21. The van der Waals surface area contributed by atoms with Gasteiger partial charge in [-0.1, -0.05) is 0 Å². The molecule has 32 heavy (non-hydrogen) atoms. The number of hydrogen-bond donors (Lipinski definition) is 0. The lowest BCUT2D eigenvalue weighted by atomic mass is 10.2. The van der Waals surface area contributed by atoms with Crippen LogP contribution < -0.4 is 4.90 Å². The second kappa shape index (κ2) is 8.81. The molecular formula is C20H18Br2F3N5O2. The van der Waals surface area contributed by atoms with Crippen LogP contribution in [0.5, 0.6) is 0 Å². The monoisotopic (exact) mass is 575 g/mol. The number of aryl methyl sites for hydroxylation is 1. The fourth-order valence-corrected chi connectivity index (χ4v) is 3.70. The van der Waals surface area contributed by atoms with Crippen molar-refractivity contribution in [3.05, 3.63) is 57.3 Å². The number of hydrogen-bond acceptors (Lipinski definition) is 5. The molecule has 0 spiro atoms. The highest BCUT2D eigenvalue weighted by atomic mass is 79.9. The van der Waals surface area contributed by atoms with E-state index in [0.29, 0.717) is 20.8 Å². The van der Waals surface area contributed by atoms with E-state index in [2.05, 4.69) is 46.8 Å². The van der Waals surface area contributed by atoms with Crippen LogP contribution >= 0.6 is 31.9 Å². The van der Waals surface area contributed by atoms with Gasteiger partial charge in [-0.2, -0.15) is 13.2 Å². The van der Waals surface area contributed by atoms with E-state index in [1.54, 1.807) is 32.3 Å². The molecule has 7 nitrogen and oxygen atoms in total. The second-order valence-electron chi connectivity index (χ2n) is 7.67. The van der Waals surface area contributed by atoms with Gasteiger partial charge >= 0.3 is 12.3 Å². The first kappa shape index (κ1) is 24.2. The van der Waals surface area contributed by atoms with Crippen molar-refractivity contribution in [1.82, 2.24) is 19.5 Å². The molecule has 0 unspecified atom stereocenters. The average molecular weight is 577 g/mol. The number of carbonyl (C=O) groups is 1. The summed E-state index contributed by atoms with van der Waals surface area (Å²) in [5.74, 6) is 0.992. The number of halogens is 5. The summed E-state index contributed by atoms with van der Waals surface area (Å²) < 4.78 is 47.2. The first-order valence-corrected chi connectivity index (χ1v) is 10.8. The van der Waals surface area contributed by atoms with Crippen LogP contribution in [0, 0.1) is 6.92 Å². The summed E-state index contributed by atoms with van der Waals surface area (Å²) in [6.45, 7) is 6.80. The Morgan fingerprint density at radius 2 is 1.69 bits per heavy atom. The van der Waals surface area contributed by atoms with E-state index in [0.717, 1.165) is 17.0 Å². The van der Waals surface area contributed by atoms with E-state index in [9.17, 15) is 18.0 Å². The van der Waals surface area contributed by atoms with Gasteiger partial charge in [-0.3, -0.25) is 9.55 Å². The van der Waals surface area contributed by atoms with Crippen LogP contribution in [0.1, 0.15) is 32.2 Å². The molecule has 0 bridgehead atoms. The fraction of sp³-hybridized carbons (Fsp3) is 0.300. The number of carbonyl (C=O) groups excluding carboxylic acids is 1. The zero-order valence-electron chi connectivity index (χ0n) is 17.4. The Kier molecular flexibility index (Phi) is 6.66. The average Bonchev–Trinajstić information content (AvgIpc) is 2.92. The summed E-state index contributed by atoms with van der Waals surface area (Å²) in [6.07, 6.45) is -2.53. The summed E-state index contributed by atoms with van der Waals surface area (Å²) in [7, 11) is 0. The van der Waals surface area contributed by atoms with Crippen molar-refractivity contribution in [2.75, 3.05) is 4.90 Å². The smallest absolute Gasteiger partial charge is 0.420 e. The number of alkyl halides is 3. The summed E-state index contributed by atoms with van der Waals surface area (Å²) >= 11 is 6.74. The van der Waals surface area contributed by atoms with Crippen molar-refractivity contribution in [3.8, 4) is 5.82 Å². The molecule has 12 heteroatoms. The molecule has 3 rings (SSSR count). The molecule has 0 radical (unpaired) electrons. The van der Waals surface area contributed by atoms with E-state index < -0.39 is 23.4 Å². The molecule has 3 aromatic rings. The van der Waals surface area contributed by atoms with E-state index in [1.165, 1.54) is 24.5 Å². The molecule has 1 aromatic carbocycles. The third-order valence-electron chi connectivity index (χ3n) is 4.05. The van der Waals surface area contributed by atoms with Crippen molar-refractivity contribution in [2.24, 2.45) is 0 Å². The first-order chi connectivity index (χ1) is 14.8. The Balaban J connectivity index is 2.11. The van der Waals surface area contributed by atoms with Crippen molar-refractivity contribution in [3.63, 3.8) is 0 Å². The molecule has 0 fully saturated rings. The van der Waals surface area contributed by atoms with Crippen LogP contribution in [-0.2, 0) is 10.9 Å². The van der Waals surface area contributed by atoms with Gasteiger partial charge in [0.2, 0.25) is 0 Å².